The molecule has 24 heavy (non-hydrogen) atoms. The molecule has 0 atom stereocenters. The van der Waals surface area contributed by atoms with E-state index in [-0.39, 0.29) is 10.8 Å². The van der Waals surface area contributed by atoms with Crippen molar-refractivity contribution in [2.24, 2.45) is 4.99 Å². The topological polar surface area (TPSA) is 32.6 Å². The highest BCUT2D eigenvalue weighted by atomic mass is 32.1. The van der Waals surface area contributed by atoms with E-state index in [2.05, 4.69) is 65.2 Å². The van der Waals surface area contributed by atoms with E-state index >= 15 is 0 Å². The van der Waals surface area contributed by atoms with Gasteiger partial charge in [0, 0.05) is 22.2 Å². The smallest absolute Gasteiger partial charge is 0.128 e. The fourth-order valence-corrected chi connectivity index (χ4v) is 2.59. The summed E-state index contributed by atoms with van der Waals surface area (Å²) >= 11 is 4.28. The lowest BCUT2D eigenvalue weighted by molar-refractivity contribution is 0.444. The van der Waals surface area contributed by atoms with Crippen molar-refractivity contribution >= 4 is 24.5 Å². The maximum atomic E-state index is 10.7. The van der Waals surface area contributed by atoms with Gasteiger partial charge in [-0.25, -0.2) is 0 Å². The second-order valence-corrected chi connectivity index (χ2v) is 8.75. The molecule has 128 valence electrons. The number of hydrogen-bond acceptors (Lipinski definition) is 3. The lowest BCUT2D eigenvalue weighted by Gasteiger charge is -2.26. The molecule has 0 amide bonds. The molecule has 0 saturated carbocycles. The SMILES string of the molecule is CC(C)(C)c1cc(C=Nc2ccc(S)cc2)c(O)c(C(C)(C)C)c1. The maximum absolute atomic E-state index is 10.7. The van der Waals surface area contributed by atoms with Crippen LogP contribution < -0.4 is 0 Å². The van der Waals surface area contributed by atoms with Crippen molar-refractivity contribution in [3.8, 4) is 5.75 Å². The Morgan fingerprint density at radius 3 is 2.00 bits per heavy atom. The number of nitrogens with zero attached hydrogens (tertiary/aromatic N) is 1. The Kier molecular flexibility index (Phi) is 5.14. The number of aromatic hydroxyl groups is 1. The summed E-state index contributed by atoms with van der Waals surface area (Å²) in [5, 5.41) is 10.7. The first kappa shape index (κ1) is 18.6. The van der Waals surface area contributed by atoms with Crippen molar-refractivity contribution in [1.82, 2.24) is 0 Å². The van der Waals surface area contributed by atoms with Crippen LogP contribution in [0.2, 0.25) is 0 Å². The van der Waals surface area contributed by atoms with Crippen molar-refractivity contribution in [1.29, 1.82) is 0 Å². The molecule has 0 aliphatic carbocycles. The highest BCUT2D eigenvalue weighted by Gasteiger charge is 2.24. The van der Waals surface area contributed by atoms with Crippen LogP contribution >= 0.6 is 12.6 Å². The zero-order valence-corrected chi connectivity index (χ0v) is 16.3. The molecule has 0 aliphatic heterocycles. The van der Waals surface area contributed by atoms with Crippen LogP contribution in [0.4, 0.5) is 5.69 Å². The Hall–Kier alpha value is -1.74. The molecule has 0 unspecified atom stereocenters. The van der Waals surface area contributed by atoms with Gasteiger partial charge in [0.05, 0.1) is 5.69 Å². The van der Waals surface area contributed by atoms with Crippen LogP contribution in [0.3, 0.4) is 0 Å². The predicted molar refractivity (Wildman–Crippen MR) is 106 cm³/mol. The molecule has 1 N–H and O–H groups in total. The zero-order chi connectivity index (χ0) is 18.1. The summed E-state index contributed by atoms with van der Waals surface area (Å²) in [5.41, 5.74) is 3.60. The molecule has 2 nitrogen and oxygen atoms in total. The average Bonchev–Trinajstić information content (AvgIpc) is 2.45. The molecule has 2 aromatic rings. The fraction of sp³-hybridized carbons (Fsp3) is 0.381. The number of hydrogen-bond donors (Lipinski definition) is 2. The summed E-state index contributed by atoms with van der Waals surface area (Å²) in [6.07, 6.45) is 1.74. The van der Waals surface area contributed by atoms with Crippen LogP contribution in [0.1, 0.15) is 58.2 Å². The Morgan fingerprint density at radius 1 is 0.917 bits per heavy atom. The molecule has 0 saturated heterocycles. The summed E-state index contributed by atoms with van der Waals surface area (Å²) < 4.78 is 0. The quantitative estimate of drug-likeness (QED) is 0.507. The second-order valence-electron chi connectivity index (χ2n) is 8.24. The Balaban J connectivity index is 2.54. The largest absolute Gasteiger partial charge is 0.507 e. The molecule has 3 heteroatoms. The van der Waals surface area contributed by atoms with Crippen LogP contribution in [0.15, 0.2) is 46.3 Å². The van der Waals surface area contributed by atoms with Gasteiger partial charge in [0.15, 0.2) is 0 Å². The highest BCUT2D eigenvalue weighted by Crippen LogP contribution is 2.37. The first-order valence-electron chi connectivity index (χ1n) is 8.19. The van der Waals surface area contributed by atoms with E-state index < -0.39 is 0 Å². The van der Waals surface area contributed by atoms with Gasteiger partial charge in [-0.15, -0.1) is 12.6 Å². The molecule has 2 rings (SSSR count). The molecular weight excluding hydrogens is 314 g/mol. The summed E-state index contributed by atoms with van der Waals surface area (Å²) in [4.78, 5) is 5.41. The standard InChI is InChI=1S/C21H27NOS/c1-20(2,3)15-11-14(19(23)18(12-15)21(4,5)6)13-22-16-7-9-17(24)10-8-16/h7-13,23-24H,1-6H3. The second kappa shape index (κ2) is 6.64. The Morgan fingerprint density at radius 2 is 1.50 bits per heavy atom. The summed E-state index contributed by atoms with van der Waals surface area (Å²) in [6.45, 7) is 12.9. The van der Waals surface area contributed by atoms with Crippen molar-refractivity contribution < 1.29 is 5.11 Å². The van der Waals surface area contributed by atoms with Gasteiger partial charge < -0.3 is 5.11 Å². The lowest BCUT2D eigenvalue weighted by Crippen LogP contribution is -2.17. The summed E-state index contributed by atoms with van der Waals surface area (Å²) in [7, 11) is 0. The summed E-state index contributed by atoms with van der Waals surface area (Å²) in [6, 6.07) is 11.8. The number of thiol groups is 1. The molecule has 0 bridgehead atoms. The third-order valence-electron chi connectivity index (χ3n) is 4.02. The molecule has 0 aliphatic rings. The van der Waals surface area contributed by atoms with Crippen LogP contribution in [-0.2, 0) is 10.8 Å². The number of benzene rings is 2. The number of phenolic OH excluding ortho intramolecular Hbond substituents is 1. The van der Waals surface area contributed by atoms with Crippen LogP contribution in [-0.4, -0.2) is 11.3 Å². The molecule has 2 aromatic carbocycles. The van der Waals surface area contributed by atoms with Crippen molar-refractivity contribution in [3.05, 3.63) is 53.1 Å². The first-order chi connectivity index (χ1) is 11.0. The van der Waals surface area contributed by atoms with Gasteiger partial charge in [0.1, 0.15) is 5.75 Å². The zero-order valence-electron chi connectivity index (χ0n) is 15.4. The van der Waals surface area contributed by atoms with Crippen molar-refractivity contribution in [2.75, 3.05) is 0 Å². The van der Waals surface area contributed by atoms with Crippen molar-refractivity contribution in [2.45, 2.75) is 57.3 Å². The van der Waals surface area contributed by atoms with Crippen LogP contribution in [0.25, 0.3) is 0 Å². The normalized spacial score (nSPS) is 12.8. The Labute approximate surface area is 151 Å². The fourth-order valence-electron chi connectivity index (χ4n) is 2.44. The minimum absolute atomic E-state index is 0.00394. The lowest BCUT2D eigenvalue weighted by atomic mass is 9.79. The number of phenols is 1. The first-order valence-corrected chi connectivity index (χ1v) is 8.64. The molecule has 0 spiro atoms. The molecular formula is C21H27NOS. The van der Waals surface area contributed by atoms with E-state index in [1.807, 2.05) is 30.3 Å². The van der Waals surface area contributed by atoms with Gasteiger partial charge in [-0.1, -0.05) is 47.6 Å². The monoisotopic (exact) mass is 341 g/mol. The van der Waals surface area contributed by atoms with E-state index in [1.54, 1.807) is 6.21 Å². The molecule has 0 fully saturated rings. The van der Waals surface area contributed by atoms with E-state index in [4.69, 9.17) is 0 Å². The van der Waals surface area contributed by atoms with E-state index in [0.29, 0.717) is 5.75 Å². The summed E-state index contributed by atoms with van der Waals surface area (Å²) in [5.74, 6) is 0.310. The highest BCUT2D eigenvalue weighted by molar-refractivity contribution is 7.80. The third-order valence-corrected chi connectivity index (χ3v) is 4.31. The molecule has 0 aromatic heterocycles. The number of aliphatic imine (C=N–C) groups is 1. The van der Waals surface area contributed by atoms with Gasteiger partial charge in [0.2, 0.25) is 0 Å². The predicted octanol–water partition coefficient (Wildman–Crippen LogP) is 6.03. The van der Waals surface area contributed by atoms with Gasteiger partial charge in [0.25, 0.3) is 0 Å². The van der Waals surface area contributed by atoms with Gasteiger partial charge >= 0.3 is 0 Å². The van der Waals surface area contributed by atoms with E-state index in [0.717, 1.165) is 21.7 Å². The molecule has 0 heterocycles. The average molecular weight is 342 g/mol. The van der Waals surface area contributed by atoms with Gasteiger partial charge in [-0.3, -0.25) is 4.99 Å². The minimum Gasteiger partial charge on any atom is -0.507 e. The maximum Gasteiger partial charge on any atom is 0.128 e. The molecule has 0 radical (unpaired) electrons. The van der Waals surface area contributed by atoms with Gasteiger partial charge in [-0.05, 0) is 46.7 Å². The van der Waals surface area contributed by atoms with E-state index in [9.17, 15) is 5.11 Å². The number of rotatable bonds is 2. The van der Waals surface area contributed by atoms with E-state index in [1.165, 1.54) is 5.56 Å². The van der Waals surface area contributed by atoms with Gasteiger partial charge in [-0.2, -0.15) is 0 Å². The third kappa shape index (κ3) is 4.41. The van der Waals surface area contributed by atoms with Crippen molar-refractivity contribution in [3.63, 3.8) is 0 Å². The van der Waals surface area contributed by atoms with Crippen LogP contribution in [0, 0.1) is 0 Å². The minimum atomic E-state index is -0.137. The van der Waals surface area contributed by atoms with Crippen LogP contribution in [0.5, 0.6) is 5.75 Å². The Bertz CT molecular complexity index is 747.